The zero-order chi connectivity index (χ0) is 30.2. The SMILES string of the molecule is O=S(=O)(Cc1ccc(-c2ccc3c(c2)CCC2(CCN(c4cc(C(F)(F)F)ccc4F)CC2)O3)cc1)Cc1ccccn1. The minimum absolute atomic E-state index is 0.0256. The Balaban J connectivity index is 1.10. The fourth-order valence-electron chi connectivity index (χ4n) is 5.95. The summed E-state index contributed by atoms with van der Waals surface area (Å²) in [5.41, 5.74) is 2.93. The lowest BCUT2D eigenvalue weighted by molar-refractivity contribution is -0.137. The number of hydrogen-bond donors (Lipinski definition) is 0. The molecule has 0 amide bonds. The zero-order valence-electron chi connectivity index (χ0n) is 23.3. The molecule has 4 aromatic rings. The fourth-order valence-corrected chi connectivity index (χ4v) is 7.37. The molecule has 2 aliphatic heterocycles. The van der Waals surface area contributed by atoms with Crippen molar-refractivity contribution >= 4 is 15.5 Å². The number of benzene rings is 3. The van der Waals surface area contributed by atoms with Gasteiger partial charge in [-0.15, -0.1) is 0 Å². The smallest absolute Gasteiger partial charge is 0.416 e. The normalized spacial score (nSPS) is 16.5. The number of sulfone groups is 1. The van der Waals surface area contributed by atoms with Gasteiger partial charge in [-0.1, -0.05) is 36.4 Å². The zero-order valence-corrected chi connectivity index (χ0v) is 24.1. The van der Waals surface area contributed by atoms with Gasteiger partial charge in [-0.05, 0) is 77.6 Å². The minimum Gasteiger partial charge on any atom is -0.487 e. The van der Waals surface area contributed by atoms with Gasteiger partial charge in [0.15, 0.2) is 9.84 Å². The average molecular weight is 611 g/mol. The molecule has 0 unspecified atom stereocenters. The Hall–Kier alpha value is -3.92. The van der Waals surface area contributed by atoms with E-state index in [9.17, 15) is 26.0 Å². The monoisotopic (exact) mass is 610 g/mol. The number of fused-ring (bicyclic) bond motifs is 1. The predicted octanol–water partition coefficient (Wildman–Crippen LogP) is 7.39. The Morgan fingerprint density at radius 1 is 0.860 bits per heavy atom. The number of hydrogen-bond acceptors (Lipinski definition) is 5. The van der Waals surface area contributed by atoms with Crippen LogP contribution in [-0.2, 0) is 33.9 Å². The Kier molecular flexibility index (Phi) is 7.66. The molecule has 5 nitrogen and oxygen atoms in total. The molecule has 0 saturated carbocycles. The molecule has 0 atom stereocenters. The van der Waals surface area contributed by atoms with Crippen LogP contribution in [0.2, 0.25) is 0 Å². The first-order valence-electron chi connectivity index (χ1n) is 14.1. The molecule has 0 bridgehead atoms. The summed E-state index contributed by atoms with van der Waals surface area (Å²) in [5.74, 6) is -0.0550. The molecule has 1 aromatic heterocycles. The van der Waals surface area contributed by atoms with E-state index in [0.29, 0.717) is 37.2 Å². The number of pyridine rings is 1. The number of piperidine rings is 1. The average Bonchev–Trinajstić information content (AvgIpc) is 2.98. The van der Waals surface area contributed by atoms with Crippen molar-refractivity contribution < 1.29 is 30.7 Å². The molecule has 1 spiro atoms. The van der Waals surface area contributed by atoms with Gasteiger partial charge in [0.2, 0.25) is 0 Å². The van der Waals surface area contributed by atoms with Crippen LogP contribution in [0, 0.1) is 5.82 Å². The van der Waals surface area contributed by atoms with Crippen molar-refractivity contribution in [2.45, 2.75) is 49.0 Å². The van der Waals surface area contributed by atoms with Crippen molar-refractivity contribution in [3.63, 3.8) is 0 Å². The highest BCUT2D eigenvalue weighted by atomic mass is 32.2. The minimum atomic E-state index is -4.53. The highest BCUT2D eigenvalue weighted by molar-refractivity contribution is 7.89. The molecule has 0 radical (unpaired) electrons. The summed E-state index contributed by atoms with van der Waals surface area (Å²) in [6, 6.07) is 21.3. The fraction of sp³-hybridized carbons (Fsp3) is 0.303. The largest absolute Gasteiger partial charge is 0.487 e. The molecular weight excluding hydrogens is 580 g/mol. The maximum Gasteiger partial charge on any atom is 0.416 e. The van der Waals surface area contributed by atoms with Crippen molar-refractivity contribution in [2.24, 2.45) is 0 Å². The van der Waals surface area contributed by atoms with Crippen LogP contribution in [0.4, 0.5) is 23.2 Å². The van der Waals surface area contributed by atoms with E-state index in [1.165, 1.54) is 0 Å². The van der Waals surface area contributed by atoms with E-state index in [4.69, 9.17) is 4.74 Å². The first kappa shape index (κ1) is 29.2. The topological polar surface area (TPSA) is 59.5 Å². The first-order chi connectivity index (χ1) is 20.5. The third-order valence-corrected chi connectivity index (χ3v) is 9.80. The molecule has 43 heavy (non-hydrogen) atoms. The number of nitrogens with zero attached hydrogens (tertiary/aromatic N) is 2. The van der Waals surface area contributed by atoms with Gasteiger partial charge in [0, 0.05) is 32.1 Å². The molecule has 1 fully saturated rings. The summed E-state index contributed by atoms with van der Waals surface area (Å²) in [6.45, 7) is 0.797. The number of halogens is 4. The highest BCUT2D eigenvalue weighted by Crippen LogP contribution is 2.42. The molecule has 1 saturated heterocycles. The van der Waals surface area contributed by atoms with E-state index in [0.717, 1.165) is 53.5 Å². The summed E-state index contributed by atoms with van der Waals surface area (Å²) in [6.07, 6.45) is -0.250. The third-order valence-electron chi connectivity index (χ3n) is 8.29. The molecule has 0 N–H and O–H groups in total. The molecule has 2 aliphatic rings. The van der Waals surface area contributed by atoms with Crippen LogP contribution >= 0.6 is 0 Å². The number of ether oxygens (including phenoxy) is 1. The van der Waals surface area contributed by atoms with E-state index in [-0.39, 0.29) is 17.2 Å². The van der Waals surface area contributed by atoms with Crippen LogP contribution in [0.3, 0.4) is 0 Å². The Labute approximate surface area is 248 Å². The van der Waals surface area contributed by atoms with Crippen molar-refractivity contribution in [1.29, 1.82) is 0 Å². The van der Waals surface area contributed by atoms with Gasteiger partial charge in [-0.2, -0.15) is 13.2 Å². The maximum absolute atomic E-state index is 14.5. The Bertz CT molecular complexity index is 1720. The van der Waals surface area contributed by atoms with Gasteiger partial charge in [-0.25, -0.2) is 12.8 Å². The van der Waals surface area contributed by atoms with Crippen LogP contribution in [0.1, 0.15) is 41.6 Å². The van der Waals surface area contributed by atoms with Crippen molar-refractivity contribution in [3.05, 3.63) is 113 Å². The van der Waals surface area contributed by atoms with Gasteiger partial charge in [0.1, 0.15) is 17.2 Å². The molecule has 3 heterocycles. The van der Waals surface area contributed by atoms with E-state index in [2.05, 4.69) is 11.1 Å². The third kappa shape index (κ3) is 6.54. The Morgan fingerprint density at radius 3 is 2.30 bits per heavy atom. The lowest BCUT2D eigenvalue weighted by Gasteiger charge is -2.45. The van der Waals surface area contributed by atoms with Gasteiger partial charge < -0.3 is 9.64 Å². The van der Waals surface area contributed by atoms with E-state index < -0.39 is 33.0 Å². The molecule has 10 heteroatoms. The molecule has 0 aliphatic carbocycles. The second-order valence-electron chi connectivity index (χ2n) is 11.3. The number of alkyl halides is 3. The van der Waals surface area contributed by atoms with Gasteiger partial charge in [-0.3, -0.25) is 4.98 Å². The maximum atomic E-state index is 14.5. The number of aromatic nitrogens is 1. The number of anilines is 1. The van der Waals surface area contributed by atoms with Crippen LogP contribution in [0.15, 0.2) is 85.1 Å². The molecule has 224 valence electrons. The second-order valence-corrected chi connectivity index (χ2v) is 13.4. The van der Waals surface area contributed by atoms with E-state index in [1.807, 2.05) is 36.4 Å². The van der Waals surface area contributed by atoms with Gasteiger partial charge >= 0.3 is 6.18 Å². The standard InChI is InChI=1S/C33H30F4N2O3S/c34-29-10-9-27(33(35,36)37)20-30(29)39-17-14-32(15-18-39)13-12-26-19-25(8-11-31(26)42-32)24-6-4-23(5-7-24)21-43(40,41)22-28-3-1-2-16-38-28/h1-11,16,19-20H,12-15,17-18,21-22H2. The number of aryl methyl sites for hydroxylation is 1. The van der Waals surface area contributed by atoms with E-state index >= 15 is 0 Å². The van der Waals surface area contributed by atoms with E-state index in [1.54, 1.807) is 29.3 Å². The molecule has 3 aromatic carbocycles. The van der Waals surface area contributed by atoms with Crippen LogP contribution in [0.5, 0.6) is 5.75 Å². The lowest BCUT2D eigenvalue weighted by atomic mass is 9.82. The van der Waals surface area contributed by atoms with Crippen LogP contribution in [0.25, 0.3) is 11.1 Å². The van der Waals surface area contributed by atoms with Gasteiger partial charge in [0.05, 0.1) is 28.5 Å². The summed E-state index contributed by atoms with van der Waals surface area (Å²) >= 11 is 0. The van der Waals surface area contributed by atoms with Gasteiger partial charge in [0.25, 0.3) is 0 Å². The molecule has 6 rings (SSSR count). The van der Waals surface area contributed by atoms with Crippen molar-refractivity contribution in [2.75, 3.05) is 18.0 Å². The highest BCUT2D eigenvalue weighted by Gasteiger charge is 2.40. The van der Waals surface area contributed by atoms with Crippen molar-refractivity contribution in [3.8, 4) is 16.9 Å². The number of rotatable bonds is 6. The summed E-state index contributed by atoms with van der Waals surface area (Å²) in [7, 11) is -3.37. The quantitative estimate of drug-likeness (QED) is 0.213. The lowest BCUT2D eigenvalue weighted by Crippen LogP contribution is -2.50. The summed E-state index contributed by atoms with van der Waals surface area (Å²) in [4.78, 5) is 5.78. The predicted molar refractivity (Wildman–Crippen MR) is 157 cm³/mol. The summed E-state index contributed by atoms with van der Waals surface area (Å²) in [5, 5.41) is 0. The Morgan fingerprint density at radius 2 is 1.60 bits per heavy atom. The first-order valence-corrected chi connectivity index (χ1v) is 15.9. The summed E-state index contributed by atoms with van der Waals surface area (Å²) < 4.78 is 85.8. The second kappa shape index (κ2) is 11.3. The van der Waals surface area contributed by atoms with Crippen molar-refractivity contribution in [1.82, 2.24) is 4.98 Å². The van der Waals surface area contributed by atoms with Crippen LogP contribution in [-0.4, -0.2) is 32.1 Å². The molecular formula is C33H30F4N2O3S. The van der Waals surface area contributed by atoms with Crippen LogP contribution < -0.4 is 9.64 Å².